The summed E-state index contributed by atoms with van der Waals surface area (Å²) < 4.78 is 7.71. The third kappa shape index (κ3) is 3.91. The molecule has 0 amide bonds. The Morgan fingerprint density at radius 2 is 1.86 bits per heavy atom. The van der Waals surface area contributed by atoms with Crippen LogP contribution in [0.25, 0.3) is 23.0 Å². The predicted octanol–water partition coefficient (Wildman–Crippen LogP) is 6.01. The fourth-order valence-corrected chi connectivity index (χ4v) is 4.55. The summed E-state index contributed by atoms with van der Waals surface area (Å²) in [4.78, 5) is 4.67. The van der Waals surface area contributed by atoms with Gasteiger partial charge in [-0.1, -0.05) is 30.5 Å². The van der Waals surface area contributed by atoms with E-state index in [9.17, 15) is 0 Å². The Balaban J connectivity index is 1.64. The Bertz CT molecular complexity index is 985. The largest absolute Gasteiger partial charge is 0.332 e. The van der Waals surface area contributed by atoms with Crippen LogP contribution in [-0.2, 0) is 13.0 Å². The highest BCUT2D eigenvalue weighted by Crippen LogP contribution is 2.34. The lowest BCUT2D eigenvalue weighted by Gasteiger charge is -2.22. The molecule has 2 aromatic heterocycles. The molecule has 1 fully saturated rings. The van der Waals surface area contributed by atoms with Crippen molar-refractivity contribution < 1.29 is 4.52 Å². The minimum Gasteiger partial charge on any atom is -0.332 e. The van der Waals surface area contributed by atoms with Crippen LogP contribution in [-0.4, -0.2) is 19.9 Å². The van der Waals surface area contributed by atoms with Crippen LogP contribution in [0.1, 0.15) is 67.3 Å². The van der Waals surface area contributed by atoms with E-state index in [2.05, 4.69) is 60.4 Å². The fourth-order valence-electron chi connectivity index (χ4n) is 4.55. The first-order valence-corrected chi connectivity index (χ1v) is 10.7. The van der Waals surface area contributed by atoms with Crippen LogP contribution in [0.3, 0.4) is 0 Å². The average molecular weight is 391 g/mol. The first kappa shape index (κ1) is 19.6. The number of nitrogens with zero attached hydrogens (tertiary/aromatic N) is 4. The van der Waals surface area contributed by atoms with Crippen molar-refractivity contribution in [2.75, 3.05) is 0 Å². The number of hydrogen-bond donors (Lipinski definition) is 0. The lowest BCUT2D eigenvalue weighted by atomic mass is 9.87. The van der Waals surface area contributed by atoms with Crippen molar-refractivity contribution >= 4 is 0 Å². The van der Waals surface area contributed by atoms with E-state index in [1.54, 1.807) is 0 Å². The van der Waals surface area contributed by atoms with E-state index in [0.29, 0.717) is 17.6 Å². The zero-order chi connectivity index (χ0) is 20.4. The maximum Gasteiger partial charge on any atom is 0.278 e. The molecule has 0 saturated heterocycles. The number of rotatable bonds is 6. The average Bonchev–Trinajstić information content (AvgIpc) is 3.38. The molecule has 1 aliphatic rings. The van der Waals surface area contributed by atoms with Gasteiger partial charge < -0.3 is 4.52 Å². The summed E-state index contributed by atoms with van der Waals surface area (Å²) in [7, 11) is 0. The Morgan fingerprint density at radius 1 is 1.14 bits per heavy atom. The molecule has 0 unspecified atom stereocenters. The summed E-state index contributed by atoms with van der Waals surface area (Å²) in [6.07, 6.45) is 9.26. The number of allylic oxidation sites excluding steroid dienone is 1. The normalized spacial score (nSPS) is 15.0. The van der Waals surface area contributed by atoms with Gasteiger partial charge >= 0.3 is 0 Å². The van der Waals surface area contributed by atoms with Gasteiger partial charge in [0.05, 0.1) is 0 Å². The molecule has 5 nitrogen and oxygen atoms in total. The monoisotopic (exact) mass is 390 g/mol. The van der Waals surface area contributed by atoms with Gasteiger partial charge in [0, 0.05) is 23.7 Å². The van der Waals surface area contributed by atoms with Crippen LogP contribution in [0, 0.1) is 13.8 Å². The molecule has 5 heteroatoms. The molecule has 0 bridgehead atoms. The van der Waals surface area contributed by atoms with E-state index < -0.39 is 0 Å². The topological polar surface area (TPSA) is 56.7 Å². The lowest BCUT2D eigenvalue weighted by molar-refractivity contribution is 0.417. The quantitative estimate of drug-likeness (QED) is 0.483. The van der Waals surface area contributed by atoms with E-state index >= 15 is 0 Å². The van der Waals surface area contributed by atoms with Gasteiger partial charge in [-0.15, -0.1) is 6.58 Å². The highest BCUT2D eigenvalue weighted by molar-refractivity contribution is 5.61. The van der Waals surface area contributed by atoms with Crippen LogP contribution >= 0.6 is 0 Å². The minimum absolute atomic E-state index is 0.495. The van der Waals surface area contributed by atoms with Crippen LogP contribution in [0.15, 0.2) is 35.4 Å². The molecule has 0 spiro atoms. The first-order chi connectivity index (χ1) is 14.1. The van der Waals surface area contributed by atoms with E-state index in [-0.39, 0.29) is 0 Å². The molecular weight excluding hydrogens is 360 g/mol. The Morgan fingerprint density at radius 3 is 2.52 bits per heavy atom. The zero-order valence-corrected chi connectivity index (χ0v) is 17.7. The van der Waals surface area contributed by atoms with Gasteiger partial charge in [-0.25, -0.2) is 0 Å². The highest BCUT2D eigenvalue weighted by atomic mass is 16.5. The maximum absolute atomic E-state index is 5.61. The van der Waals surface area contributed by atoms with Crippen molar-refractivity contribution in [1.82, 2.24) is 19.9 Å². The molecule has 4 rings (SSSR count). The molecule has 0 atom stereocenters. The summed E-state index contributed by atoms with van der Waals surface area (Å²) >= 11 is 0. The molecule has 3 aromatic rings. The molecule has 0 aliphatic heterocycles. The molecule has 152 valence electrons. The SMILES string of the molecule is C=CCc1c(C)cc(-c2noc(-c3cc(C4CCCCC4)n(CC)n3)n2)cc1C. The third-order valence-electron chi connectivity index (χ3n) is 6.08. The summed E-state index contributed by atoms with van der Waals surface area (Å²) in [5, 5.41) is 9.01. The van der Waals surface area contributed by atoms with Gasteiger partial charge in [-0.05, 0) is 74.9 Å². The first-order valence-electron chi connectivity index (χ1n) is 10.7. The summed E-state index contributed by atoms with van der Waals surface area (Å²) in [6.45, 7) is 11.1. The fraction of sp³-hybridized carbons (Fsp3) is 0.458. The lowest BCUT2D eigenvalue weighted by Crippen LogP contribution is -2.11. The molecule has 2 heterocycles. The van der Waals surface area contributed by atoms with E-state index in [1.807, 2.05) is 6.08 Å². The smallest absolute Gasteiger partial charge is 0.278 e. The molecule has 0 radical (unpaired) electrons. The van der Waals surface area contributed by atoms with Crippen LogP contribution in [0.2, 0.25) is 0 Å². The van der Waals surface area contributed by atoms with Crippen molar-refractivity contribution in [2.45, 2.75) is 71.8 Å². The van der Waals surface area contributed by atoms with Crippen molar-refractivity contribution in [2.24, 2.45) is 0 Å². The Kier molecular flexibility index (Phi) is 5.65. The van der Waals surface area contributed by atoms with Crippen molar-refractivity contribution in [1.29, 1.82) is 0 Å². The van der Waals surface area contributed by atoms with Crippen molar-refractivity contribution in [3.05, 3.63) is 53.2 Å². The molecule has 1 aromatic carbocycles. The number of hydrogen-bond acceptors (Lipinski definition) is 4. The number of benzene rings is 1. The van der Waals surface area contributed by atoms with Crippen molar-refractivity contribution in [3.63, 3.8) is 0 Å². The number of aromatic nitrogens is 4. The van der Waals surface area contributed by atoms with E-state index in [4.69, 9.17) is 9.62 Å². The van der Waals surface area contributed by atoms with Gasteiger partial charge in [-0.2, -0.15) is 10.1 Å². The highest BCUT2D eigenvalue weighted by Gasteiger charge is 2.23. The third-order valence-corrected chi connectivity index (χ3v) is 6.08. The molecule has 0 N–H and O–H groups in total. The molecule has 1 saturated carbocycles. The standard InChI is InChI=1S/C24H30N4O/c1-5-10-20-16(3)13-19(14-17(20)4)23-25-24(29-27-23)21-15-22(28(6-2)26-21)18-11-8-7-9-12-18/h5,13-15,18H,1,6-12H2,2-4H3. The Labute approximate surface area is 172 Å². The molecule has 29 heavy (non-hydrogen) atoms. The summed E-state index contributed by atoms with van der Waals surface area (Å²) in [5.41, 5.74) is 6.82. The minimum atomic E-state index is 0.495. The van der Waals surface area contributed by atoms with E-state index in [0.717, 1.165) is 24.2 Å². The summed E-state index contributed by atoms with van der Waals surface area (Å²) in [5.74, 6) is 1.70. The maximum atomic E-state index is 5.61. The second-order valence-electron chi connectivity index (χ2n) is 8.11. The predicted molar refractivity (Wildman–Crippen MR) is 116 cm³/mol. The van der Waals surface area contributed by atoms with Crippen molar-refractivity contribution in [3.8, 4) is 23.0 Å². The van der Waals surface area contributed by atoms with Crippen LogP contribution < -0.4 is 0 Å². The second kappa shape index (κ2) is 8.36. The van der Waals surface area contributed by atoms with Crippen LogP contribution in [0.4, 0.5) is 0 Å². The zero-order valence-electron chi connectivity index (χ0n) is 17.7. The van der Waals surface area contributed by atoms with Gasteiger partial charge in [-0.3, -0.25) is 4.68 Å². The van der Waals surface area contributed by atoms with Gasteiger partial charge in [0.1, 0.15) is 0 Å². The van der Waals surface area contributed by atoms with E-state index in [1.165, 1.54) is 54.5 Å². The Hall–Kier alpha value is -2.69. The summed E-state index contributed by atoms with van der Waals surface area (Å²) in [6, 6.07) is 6.40. The second-order valence-corrected chi connectivity index (χ2v) is 8.11. The molecule has 1 aliphatic carbocycles. The van der Waals surface area contributed by atoms with Gasteiger partial charge in [0.15, 0.2) is 5.69 Å². The van der Waals surface area contributed by atoms with Crippen LogP contribution in [0.5, 0.6) is 0 Å². The number of aryl methyl sites for hydroxylation is 3. The van der Waals surface area contributed by atoms with Gasteiger partial charge in [0.2, 0.25) is 5.82 Å². The molecular formula is C24H30N4O. The van der Waals surface area contributed by atoms with Gasteiger partial charge in [0.25, 0.3) is 5.89 Å².